The van der Waals surface area contributed by atoms with Gasteiger partial charge in [-0.15, -0.1) is 10.2 Å². The smallest absolute Gasteiger partial charge is 0.231 e. The molecule has 0 radical (unpaired) electrons. The normalized spacial score (nSPS) is 12.6. The summed E-state index contributed by atoms with van der Waals surface area (Å²) in [6.45, 7) is 0.725. The molecular formula is C14H10BrN5O2. The molecule has 0 bridgehead atoms. The Bertz CT molecular complexity index is 821. The van der Waals surface area contributed by atoms with E-state index in [1.54, 1.807) is 12.4 Å². The van der Waals surface area contributed by atoms with Crippen LogP contribution in [-0.2, 0) is 6.54 Å². The zero-order valence-electron chi connectivity index (χ0n) is 11.3. The summed E-state index contributed by atoms with van der Waals surface area (Å²) in [4.78, 5) is 5.59. The molecular weight excluding hydrogens is 350 g/mol. The van der Waals surface area contributed by atoms with Crippen molar-refractivity contribution in [2.75, 3.05) is 6.79 Å². The Morgan fingerprint density at radius 3 is 2.91 bits per heavy atom. The summed E-state index contributed by atoms with van der Waals surface area (Å²) in [5.41, 5.74) is 1.82. The largest absolute Gasteiger partial charge is 0.454 e. The molecule has 110 valence electrons. The fourth-order valence-corrected chi connectivity index (χ4v) is 2.60. The zero-order chi connectivity index (χ0) is 14.9. The number of halogens is 1. The van der Waals surface area contributed by atoms with Crippen LogP contribution in [0, 0.1) is 0 Å². The van der Waals surface area contributed by atoms with E-state index in [9.17, 15) is 0 Å². The van der Waals surface area contributed by atoms with Crippen LogP contribution in [0.1, 0.15) is 5.56 Å². The van der Waals surface area contributed by atoms with E-state index in [0.29, 0.717) is 12.4 Å². The van der Waals surface area contributed by atoms with Crippen molar-refractivity contribution >= 4 is 15.9 Å². The van der Waals surface area contributed by atoms with Gasteiger partial charge in [-0.05, 0) is 35.0 Å². The number of ether oxygens (including phenoxy) is 2. The first-order valence-electron chi connectivity index (χ1n) is 6.56. The third-order valence-corrected chi connectivity index (χ3v) is 3.96. The average molecular weight is 360 g/mol. The van der Waals surface area contributed by atoms with Crippen LogP contribution in [-0.4, -0.2) is 32.0 Å². The van der Waals surface area contributed by atoms with Gasteiger partial charge in [0.1, 0.15) is 0 Å². The van der Waals surface area contributed by atoms with E-state index in [1.807, 2.05) is 24.3 Å². The molecule has 1 aliphatic rings. The quantitative estimate of drug-likeness (QED) is 0.713. The molecule has 22 heavy (non-hydrogen) atoms. The van der Waals surface area contributed by atoms with Crippen molar-refractivity contribution in [3.63, 3.8) is 0 Å². The maximum Gasteiger partial charge on any atom is 0.231 e. The Kier molecular flexibility index (Phi) is 3.23. The van der Waals surface area contributed by atoms with Crippen LogP contribution in [0.15, 0.2) is 41.1 Å². The Morgan fingerprint density at radius 2 is 2.09 bits per heavy atom. The van der Waals surface area contributed by atoms with Crippen LogP contribution in [0.2, 0.25) is 0 Å². The molecule has 0 saturated heterocycles. The molecule has 0 N–H and O–H groups in total. The summed E-state index contributed by atoms with van der Waals surface area (Å²) < 4.78 is 11.6. The van der Waals surface area contributed by atoms with Gasteiger partial charge in [0.2, 0.25) is 12.6 Å². The van der Waals surface area contributed by atoms with Crippen LogP contribution >= 0.6 is 15.9 Å². The molecule has 1 aromatic carbocycles. The second kappa shape index (κ2) is 5.38. The lowest BCUT2D eigenvalue weighted by Crippen LogP contribution is -2.04. The van der Waals surface area contributed by atoms with Crippen LogP contribution in [0.5, 0.6) is 11.5 Å². The Hall–Kier alpha value is -2.48. The molecule has 0 fully saturated rings. The predicted octanol–water partition coefficient (Wildman–Crippen LogP) is 2.27. The number of nitrogens with zero attached hydrogens (tertiary/aromatic N) is 5. The van der Waals surface area contributed by atoms with E-state index < -0.39 is 0 Å². The lowest BCUT2D eigenvalue weighted by molar-refractivity contribution is 0.174. The molecule has 7 nitrogen and oxygen atoms in total. The van der Waals surface area contributed by atoms with Crippen molar-refractivity contribution in [2.45, 2.75) is 6.54 Å². The van der Waals surface area contributed by atoms with Crippen molar-refractivity contribution < 1.29 is 9.47 Å². The maximum atomic E-state index is 5.39. The summed E-state index contributed by atoms with van der Waals surface area (Å²) in [6, 6.07) is 7.53. The Balaban J connectivity index is 1.61. The Morgan fingerprint density at radius 1 is 1.23 bits per heavy atom. The molecule has 3 aromatic rings. The molecule has 8 heteroatoms. The third kappa shape index (κ3) is 2.41. The number of hydrogen-bond acceptors (Lipinski definition) is 6. The maximum absolute atomic E-state index is 5.39. The van der Waals surface area contributed by atoms with Crippen molar-refractivity contribution in [3.8, 4) is 22.9 Å². The minimum Gasteiger partial charge on any atom is -0.454 e. The Labute approximate surface area is 134 Å². The fourth-order valence-electron chi connectivity index (χ4n) is 2.15. The lowest BCUT2D eigenvalue weighted by atomic mass is 10.2. The highest BCUT2D eigenvalue weighted by Crippen LogP contribution is 2.37. The molecule has 0 saturated carbocycles. The van der Waals surface area contributed by atoms with E-state index in [0.717, 1.165) is 27.1 Å². The van der Waals surface area contributed by atoms with E-state index in [-0.39, 0.29) is 6.79 Å². The van der Waals surface area contributed by atoms with Crippen LogP contribution < -0.4 is 9.47 Å². The van der Waals surface area contributed by atoms with Gasteiger partial charge in [-0.2, -0.15) is 4.80 Å². The monoisotopic (exact) mass is 359 g/mol. The molecule has 3 heterocycles. The van der Waals surface area contributed by atoms with Gasteiger partial charge in [0.25, 0.3) is 0 Å². The zero-order valence-corrected chi connectivity index (χ0v) is 12.9. The van der Waals surface area contributed by atoms with Crippen molar-refractivity contribution in [1.29, 1.82) is 0 Å². The topological polar surface area (TPSA) is 75.0 Å². The summed E-state index contributed by atoms with van der Waals surface area (Å²) in [6.07, 6.45) is 3.41. The number of pyridine rings is 1. The molecule has 2 aromatic heterocycles. The van der Waals surface area contributed by atoms with Crippen LogP contribution in [0.25, 0.3) is 11.4 Å². The first kappa shape index (κ1) is 13.2. The van der Waals surface area contributed by atoms with Gasteiger partial charge in [0.15, 0.2) is 11.5 Å². The summed E-state index contributed by atoms with van der Waals surface area (Å²) in [5, 5.41) is 12.5. The summed E-state index contributed by atoms with van der Waals surface area (Å²) in [7, 11) is 0. The first-order valence-corrected chi connectivity index (χ1v) is 7.35. The third-order valence-electron chi connectivity index (χ3n) is 3.23. The predicted molar refractivity (Wildman–Crippen MR) is 80.4 cm³/mol. The number of rotatable bonds is 3. The highest BCUT2D eigenvalue weighted by Gasteiger charge is 2.17. The van der Waals surface area contributed by atoms with Gasteiger partial charge < -0.3 is 9.47 Å². The van der Waals surface area contributed by atoms with Gasteiger partial charge in [0.05, 0.1) is 6.54 Å². The van der Waals surface area contributed by atoms with E-state index >= 15 is 0 Å². The minimum absolute atomic E-state index is 0.248. The number of tetrazole rings is 1. The highest BCUT2D eigenvalue weighted by atomic mass is 79.9. The number of aromatic nitrogens is 5. The number of hydrogen-bond donors (Lipinski definition) is 0. The molecule has 0 atom stereocenters. The van der Waals surface area contributed by atoms with Crippen molar-refractivity contribution in [2.24, 2.45) is 0 Å². The van der Waals surface area contributed by atoms with Gasteiger partial charge in [0, 0.05) is 22.4 Å². The minimum atomic E-state index is 0.248. The second-order valence-electron chi connectivity index (χ2n) is 4.68. The van der Waals surface area contributed by atoms with E-state index in [4.69, 9.17) is 9.47 Å². The van der Waals surface area contributed by atoms with Gasteiger partial charge in [-0.3, -0.25) is 4.98 Å². The molecule has 0 unspecified atom stereocenters. The molecule has 4 rings (SSSR count). The molecule has 0 amide bonds. The average Bonchev–Trinajstić information content (AvgIpc) is 3.18. The molecule has 0 aliphatic carbocycles. The van der Waals surface area contributed by atoms with Crippen LogP contribution in [0.3, 0.4) is 0 Å². The van der Waals surface area contributed by atoms with Gasteiger partial charge in [-0.1, -0.05) is 15.9 Å². The first-order chi connectivity index (χ1) is 10.8. The summed E-state index contributed by atoms with van der Waals surface area (Å²) in [5.74, 6) is 2.01. The molecule has 1 aliphatic heterocycles. The molecule has 0 spiro atoms. The van der Waals surface area contributed by atoms with Crippen LogP contribution in [0.4, 0.5) is 0 Å². The second-order valence-corrected chi connectivity index (χ2v) is 5.54. The summed E-state index contributed by atoms with van der Waals surface area (Å²) >= 11 is 3.52. The van der Waals surface area contributed by atoms with E-state index in [1.165, 1.54) is 4.80 Å². The van der Waals surface area contributed by atoms with Gasteiger partial charge in [-0.25, -0.2) is 0 Å². The number of benzene rings is 1. The van der Waals surface area contributed by atoms with Gasteiger partial charge >= 0.3 is 0 Å². The van der Waals surface area contributed by atoms with Crippen molar-refractivity contribution in [1.82, 2.24) is 25.2 Å². The fraction of sp³-hybridized carbons (Fsp3) is 0.143. The highest BCUT2D eigenvalue weighted by molar-refractivity contribution is 9.10. The van der Waals surface area contributed by atoms with Crippen molar-refractivity contribution in [3.05, 3.63) is 46.7 Å². The number of fused-ring (bicyclic) bond motifs is 1. The lowest BCUT2D eigenvalue weighted by Gasteiger charge is -2.05. The SMILES string of the molecule is Brc1cc2c(cc1Cn1nnc(-c3cccnc3)n1)OCO2. The standard InChI is InChI=1S/C14H10BrN5O2/c15-11-5-13-12(21-8-22-13)4-10(11)7-20-18-14(17-19-20)9-2-1-3-16-6-9/h1-6H,7-8H2. The van der Waals surface area contributed by atoms with E-state index in [2.05, 4.69) is 36.3 Å².